The number of aromatic nitrogens is 3. The van der Waals surface area contributed by atoms with Gasteiger partial charge in [0.25, 0.3) is 0 Å². The van der Waals surface area contributed by atoms with Crippen molar-refractivity contribution in [1.82, 2.24) is 14.8 Å². The quantitative estimate of drug-likeness (QED) is 0.794. The second kappa shape index (κ2) is 4.55. The zero-order valence-electron chi connectivity index (χ0n) is 9.49. The van der Waals surface area contributed by atoms with Crippen molar-refractivity contribution < 1.29 is 0 Å². The molecule has 0 aliphatic heterocycles. The van der Waals surface area contributed by atoms with Crippen molar-refractivity contribution in [2.45, 2.75) is 46.7 Å². The zero-order valence-corrected chi connectivity index (χ0v) is 9.49. The van der Waals surface area contributed by atoms with Crippen LogP contribution in [-0.4, -0.2) is 14.8 Å². The first kappa shape index (κ1) is 11.2. The first-order valence-electron chi connectivity index (χ1n) is 5.18. The lowest BCUT2D eigenvalue weighted by atomic mass is 10.2. The molecule has 0 saturated heterocycles. The number of nitrogens with zero attached hydrogens (tertiary/aromatic N) is 3. The van der Waals surface area contributed by atoms with Crippen LogP contribution in [0.25, 0.3) is 0 Å². The molecule has 0 unspecified atom stereocenters. The van der Waals surface area contributed by atoms with Gasteiger partial charge in [-0.25, -0.2) is 0 Å². The van der Waals surface area contributed by atoms with Crippen LogP contribution in [0, 0.1) is 5.92 Å². The molecule has 0 fully saturated rings. The van der Waals surface area contributed by atoms with Crippen molar-refractivity contribution in [3.05, 3.63) is 11.6 Å². The molecule has 4 nitrogen and oxygen atoms in total. The van der Waals surface area contributed by atoms with E-state index >= 15 is 0 Å². The molecule has 2 N–H and O–H groups in total. The van der Waals surface area contributed by atoms with E-state index in [1.54, 1.807) is 0 Å². The fraction of sp³-hybridized carbons (Fsp3) is 0.800. The number of hydrogen-bond donors (Lipinski definition) is 1. The average Bonchev–Trinajstić information content (AvgIpc) is 2.46. The van der Waals surface area contributed by atoms with Crippen LogP contribution in [0.5, 0.6) is 0 Å². The molecule has 0 aromatic carbocycles. The predicted octanol–water partition coefficient (Wildman–Crippen LogP) is 1.52. The zero-order chi connectivity index (χ0) is 10.7. The van der Waals surface area contributed by atoms with E-state index in [4.69, 9.17) is 5.73 Å². The van der Waals surface area contributed by atoms with E-state index in [-0.39, 0.29) is 0 Å². The Kier molecular flexibility index (Phi) is 3.63. The summed E-state index contributed by atoms with van der Waals surface area (Å²) in [6, 6.07) is 0. The fourth-order valence-corrected chi connectivity index (χ4v) is 1.49. The van der Waals surface area contributed by atoms with E-state index in [0.29, 0.717) is 18.4 Å². The average molecular weight is 196 g/mol. The second-order valence-electron chi connectivity index (χ2n) is 4.34. The second-order valence-corrected chi connectivity index (χ2v) is 4.34. The Morgan fingerprint density at radius 1 is 1.21 bits per heavy atom. The highest BCUT2D eigenvalue weighted by molar-refractivity contribution is 5.00. The van der Waals surface area contributed by atoms with E-state index in [9.17, 15) is 0 Å². The van der Waals surface area contributed by atoms with E-state index < -0.39 is 0 Å². The van der Waals surface area contributed by atoms with Crippen LogP contribution in [-0.2, 0) is 13.1 Å². The summed E-state index contributed by atoms with van der Waals surface area (Å²) >= 11 is 0. The molecule has 80 valence electrons. The summed E-state index contributed by atoms with van der Waals surface area (Å²) in [4.78, 5) is 0. The third-order valence-electron chi connectivity index (χ3n) is 2.10. The lowest BCUT2D eigenvalue weighted by Crippen LogP contribution is -2.15. The topological polar surface area (TPSA) is 56.7 Å². The van der Waals surface area contributed by atoms with Gasteiger partial charge in [-0.3, -0.25) is 0 Å². The third kappa shape index (κ3) is 2.32. The summed E-state index contributed by atoms with van der Waals surface area (Å²) in [7, 11) is 0. The molecular weight excluding hydrogens is 176 g/mol. The Morgan fingerprint density at radius 3 is 2.29 bits per heavy atom. The Hall–Kier alpha value is -0.900. The van der Waals surface area contributed by atoms with Crippen molar-refractivity contribution in [3.63, 3.8) is 0 Å². The van der Waals surface area contributed by atoms with Gasteiger partial charge < -0.3 is 10.3 Å². The molecule has 1 heterocycles. The highest BCUT2D eigenvalue weighted by atomic mass is 15.3. The molecule has 0 bridgehead atoms. The van der Waals surface area contributed by atoms with E-state index in [0.717, 1.165) is 18.2 Å². The van der Waals surface area contributed by atoms with Gasteiger partial charge in [0.2, 0.25) is 0 Å². The van der Waals surface area contributed by atoms with Crippen LogP contribution in [0.15, 0.2) is 0 Å². The van der Waals surface area contributed by atoms with Crippen molar-refractivity contribution in [2.75, 3.05) is 0 Å². The van der Waals surface area contributed by atoms with Gasteiger partial charge in [-0.2, -0.15) is 0 Å². The van der Waals surface area contributed by atoms with Crippen LogP contribution >= 0.6 is 0 Å². The van der Waals surface area contributed by atoms with Crippen molar-refractivity contribution in [3.8, 4) is 0 Å². The maximum Gasteiger partial charge on any atom is 0.146 e. The first-order chi connectivity index (χ1) is 6.56. The molecule has 0 atom stereocenters. The number of nitrogens with two attached hydrogens (primary N) is 1. The maximum atomic E-state index is 5.62. The van der Waals surface area contributed by atoms with Gasteiger partial charge >= 0.3 is 0 Å². The Morgan fingerprint density at radius 2 is 1.86 bits per heavy atom. The van der Waals surface area contributed by atoms with E-state index in [2.05, 4.69) is 42.5 Å². The Balaban J connectivity index is 3.00. The summed E-state index contributed by atoms with van der Waals surface area (Å²) in [5, 5.41) is 8.27. The van der Waals surface area contributed by atoms with Crippen molar-refractivity contribution in [2.24, 2.45) is 11.7 Å². The molecule has 0 saturated carbocycles. The molecular formula is C10H20N4. The van der Waals surface area contributed by atoms with Crippen LogP contribution in [0.2, 0.25) is 0 Å². The molecule has 4 heteroatoms. The van der Waals surface area contributed by atoms with Gasteiger partial charge in [0.15, 0.2) is 0 Å². The molecule has 0 radical (unpaired) electrons. The largest absolute Gasteiger partial charge is 0.324 e. The van der Waals surface area contributed by atoms with E-state index in [1.807, 2.05) is 0 Å². The minimum Gasteiger partial charge on any atom is -0.324 e. The van der Waals surface area contributed by atoms with Gasteiger partial charge in [-0.05, 0) is 5.92 Å². The van der Waals surface area contributed by atoms with Gasteiger partial charge in [-0.1, -0.05) is 27.7 Å². The molecule has 1 aromatic heterocycles. The van der Waals surface area contributed by atoms with Gasteiger partial charge in [0.05, 0.1) is 6.54 Å². The molecule has 0 aliphatic carbocycles. The molecule has 1 rings (SSSR count). The minimum absolute atomic E-state index is 0.404. The van der Waals surface area contributed by atoms with Crippen LogP contribution in [0.1, 0.15) is 45.3 Å². The number of hydrogen-bond acceptors (Lipinski definition) is 3. The standard InChI is InChI=1S/C10H20N4/c1-7(2)6-14-9(5-11)12-13-10(14)8(3)4/h7-8H,5-6,11H2,1-4H3. The van der Waals surface area contributed by atoms with Crippen molar-refractivity contribution in [1.29, 1.82) is 0 Å². The lowest BCUT2D eigenvalue weighted by Gasteiger charge is -2.13. The molecule has 0 spiro atoms. The summed E-state index contributed by atoms with van der Waals surface area (Å²) in [5.74, 6) is 2.93. The fourth-order valence-electron chi connectivity index (χ4n) is 1.49. The maximum absolute atomic E-state index is 5.62. The van der Waals surface area contributed by atoms with E-state index in [1.165, 1.54) is 0 Å². The highest BCUT2D eigenvalue weighted by Gasteiger charge is 2.14. The van der Waals surface area contributed by atoms with Gasteiger partial charge in [0.1, 0.15) is 11.6 Å². The highest BCUT2D eigenvalue weighted by Crippen LogP contribution is 2.15. The first-order valence-corrected chi connectivity index (χ1v) is 5.18. The monoisotopic (exact) mass is 196 g/mol. The molecule has 1 aromatic rings. The predicted molar refractivity (Wildman–Crippen MR) is 56.8 cm³/mol. The van der Waals surface area contributed by atoms with Crippen LogP contribution in [0.3, 0.4) is 0 Å². The minimum atomic E-state index is 0.404. The molecule has 0 amide bonds. The molecule has 14 heavy (non-hydrogen) atoms. The summed E-state index contributed by atoms with van der Waals surface area (Å²) in [6.45, 7) is 10.0. The van der Waals surface area contributed by atoms with Gasteiger partial charge in [-0.15, -0.1) is 10.2 Å². The third-order valence-corrected chi connectivity index (χ3v) is 2.10. The Bertz CT molecular complexity index is 288. The number of rotatable bonds is 4. The summed E-state index contributed by atoms with van der Waals surface area (Å²) in [5.41, 5.74) is 5.62. The summed E-state index contributed by atoms with van der Waals surface area (Å²) < 4.78 is 2.15. The van der Waals surface area contributed by atoms with Gasteiger partial charge in [0, 0.05) is 12.5 Å². The SMILES string of the molecule is CC(C)Cn1c(CN)nnc1C(C)C. The molecule has 0 aliphatic rings. The lowest BCUT2D eigenvalue weighted by molar-refractivity contribution is 0.484. The Labute approximate surface area is 85.5 Å². The van der Waals surface area contributed by atoms with Crippen LogP contribution < -0.4 is 5.73 Å². The smallest absolute Gasteiger partial charge is 0.146 e. The van der Waals surface area contributed by atoms with Crippen molar-refractivity contribution >= 4 is 0 Å². The normalized spacial score (nSPS) is 11.6. The van der Waals surface area contributed by atoms with Crippen LogP contribution in [0.4, 0.5) is 0 Å². The summed E-state index contributed by atoms with van der Waals surface area (Å²) in [6.07, 6.45) is 0.